The molecule has 0 aliphatic carbocycles. The molecule has 0 amide bonds. The highest BCUT2D eigenvalue weighted by molar-refractivity contribution is 7.26. The number of benzene rings is 13. The van der Waals surface area contributed by atoms with Crippen LogP contribution in [0.5, 0.6) is 0 Å². The first-order valence-corrected chi connectivity index (χ1v) is 31.1. The van der Waals surface area contributed by atoms with E-state index < -0.39 is 0 Å². The molecular weight excluding hydrogens is 1110 g/mol. The third-order valence-corrected chi connectivity index (χ3v) is 20.7. The van der Waals surface area contributed by atoms with Crippen LogP contribution in [0, 0.1) is 22.7 Å². The van der Waals surface area contributed by atoms with E-state index in [0.717, 1.165) is 109 Å². The van der Waals surface area contributed by atoms with E-state index >= 15 is 0 Å². The van der Waals surface area contributed by atoms with Crippen LogP contribution < -0.4 is 0 Å². The smallest absolute Gasteiger partial charge is 0.101 e. The molecule has 0 unspecified atom stereocenters. The lowest BCUT2D eigenvalue weighted by Gasteiger charge is -2.16. The molecule has 19 aromatic rings. The molecule has 0 atom stereocenters. The normalized spacial score (nSPS) is 12.1. The quantitative estimate of drug-likeness (QED) is 0.166. The molecule has 0 fully saturated rings. The van der Waals surface area contributed by atoms with E-state index in [1.807, 2.05) is 12.1 Å². The van der Waals surface area contributed by atoms with Gasteiger partial charge >= 0.3 is 0 Å². The summed E-state index contributed by atoms with van der Waals surface area (Å²) in [6, 6.07) is 101. The molecule has 0 aliphatic rings. The van der Waals surface area contributed by atoms with Gasteiger partial charge in [0.25, 0.3) is 0 Å². The highest BCUT2D eigenvalue weighted by atomic mass is 32.1. The number of hydrogen-bond donors (Lipinski definition) is 0. The van der Waals surface area contributed by atoms with Crippen LogP contribution in [0.1, 0.15) is 11.1 Å². The number of para-hydroxylation sites is 4. The van der Waals surface area contributed by atoms with Crippen LogP contribution in [0.25, 0.3) is 173 Å². The van der Waals surface area contributed by atoms with Gasteiger partial charge in [-0.1, -0.05) is 133 Å². The molecule has 0 radical (unpaired) electrons. The van der Waals surface area contributed by atoms with Crippen molar-refractivity contribution in [3.8, 4) is 57.1 Å². The van der Waals surface area contributed by atoms with Crippen molar-refractivity contribution in [2.24, 2.45) is 0 Å². The lowest BCUT2D eigenvalue weighted by molar-refractivity contribution is 1.13. The Hall–Kier alpha value is -11.5. The first kappa shape index (κ1) is 48.8. The minimum atomic E-state index is 0.464. The average Bonchev–Trinajstić information content (AvgIpc) is 1.84. The zero-order valence-corrected chi connectivity index (χ0v) is 48.5. The SMILES string of the molecule is N#Cc1cc(-n2c3ccc(-c4ccc5c(c4)c4ccccc4n5-c4ccccc4)cc3c3cc4c(cc32)sc2ccccc24)c(C#N)cc1-n1c2ccc(-c3ccc4c(c3)c3ccccc3n4-c3ccccc3)cc2c2cc3c(cc21)sc1ccccc13. The van der Waals surface area contributed by atoms with E-state index in [0.29, 0.717) is 22.5 Å². The van der Waals surface area contributed by atoms with Gasteiger partial charge in [-0.3, -0.25) is 0 Å². The molecule has 406 valence electrons. The Morgan fingerprint density at radius 1 is 0.227 bits per heavy atom. The van der Waals surface area contributed by atoms with Gasteiger partial charge in [0.15, 0.2) is 0 Å². The predicted molar refractivity (Wildman–Crippen MR) is 370 cm³/mol. The Morgan fingerprint density at radius 2 is 0.545 bits per heavy atom. The molecule has 6 nitrogen and oxygen atoms in total. The van der Waals surface area contributed by atoms with Crippen molar-refractivity contribution >= 4 is 150 Å². The summed E-state index contributed by atoms with van der Waals surface area (Å²) >= 11 is 3.56. The lowest BCUT2D eigenvalue weighted by atomic mass is 10.00. The van der Waals surface area contributed by atoms with Gasteiger partial charge in [-0.2, -0.15) is 10.5 Å². The molecule has 0 saturated heterocycles. The molecular formula is C80H44N6S2. The molecule has 8 heteroatoms. The summed E-state index contributed by atoms with van der Waals surface area (Å²) in [5.74, 6) is 0. The van der Waals surface area contributed by atoms with Crippen LogP contribution in [-0.4, -0.2) is 18.3 Å². The van der Waals surface area contributed by atoms with E-state index in [1.165, 1.54) is 52.5 Å². The number of nitriles is 2. The minimum Gasteiger partial charge on any atom is -0.309 e. The first-order valence-electron chi connectivity index (χ1n) is 29.5. The minimum absolute atomic E-state index is 0.464. The third-order valence-electron chi connectivity index (χ3n) is 18.4. The van der Waals surface area contributed by atoms with Gasteiger partial charge in [0.1, 0.15) is 12.1 Å². The average molecular weight is 1150 g/mol. The molecule has 88 heavy (non-hydrogen) atoms. The van der Waals surface area contributed by atoms with Crippen LogP contribution in [0.3, 0.4) is 0 Å². The molecule has 0 saturated carbocycles. The largest absolute Gasteiger partial charge is 0.309 e. The summed E-state index contributed by atoms with van der Waals surface area (Å²) in [6.45, 7) is 0. The van der Waals surface area contributed by atoms with Crippen molar-refractivity contribution in [3.05, 3.63) is 278 Å². The number of nitrogens with zero attached hydrogens (tertiary/aromatic N) is 6. The van der Waals surface area contributed by atoms with Crippen molar-refractivity contribution < 1.29 is 0 Å². The first-order chi connectivity index (χ1) is 43.5. The Kier molecular flexibility index (Phi) is 10.3. The van der Waals surface area contributed by atoms with E-state index in [4.69, 9.17) is 0 Å². The summed E-state index contributed by atoms with van der Waals surface area (Å²) < 4.78 is 13.9. The number of thiophene rings is 2. The van der Waals surface area contributed by atoms with Gasteiger partial charge < -0.3 is 18.3 Å². The van der Waals surface area contributed by atoms with Gasteiger partial charge in [0.2, 0.25) is 0 Å². The number of aromatic nitrogens is 4. The Balaban J connectivity index is 0.817. The Bertz CT molecular complexity index is 5940. The fourth-order valence-corrected chi connectivity index (χ4v) is 16.7. The maximum Gasteiger partial charge on any atom is 0.101 e. The van der Waals surface area contributed by atoms with Crippen molar-refractivity contribution in [3.63, 3.8) is 0 Å². The van der Waals surface area contributed by atoms with Crippen molar-refractivity contribution in [2.45, 2.75) is 0 Å². The maximum absolute atomic E-state index is 11.6. The van der Waals surface area contributed by atoms with Crippen LogP contribution in [0.2, 0.25) is 0 Å². The summed E-state index contributed by atoms with van der Waals surface area (Å²) in [4.78, 5) is 0. The fraction of sp³-hybridized carbons (Fsp3) is 0. The van der Waals surface area contributed by atoms with Gasteiger partial charge in [-0.25, -0.2) is 0 Å². The molecule has 19 rings (SSSR count). The van der Waals surface area contributed by atoms with Crippen molar-refractivity contribution in [1.29, 1.82) is 10.5 Å². The van der Waals surface area contributed by atoms with E-state index in [-0.39, 0.29) is 0 Å². The summed E-state index contributed by atoms with van der Waals surface area (Å²) in [6.07, 6.45) is 0. The molecule has 6 heterocycles. The third kappa shape index (κ3) is 6.95. The highest BCUT2D eigenvalue weighted by Crippen LogP contribution is 2.47. The Morgan fingerprint density at radius 3 is 0.943 bits per heavy atom. The van der Waals surface area contributed by atoms with E-state index in [9.17, 15) is 10.5 Å². The number of fused-ring (bicyclic) bond motifs is 18. The zero-order chi connectivity index (χ0) is 57.9. The van der Waals surface area contributed by atoms with E-state index in [1.54, 1.807) is 22.7 Å². The zero-order valence-electron chi connectivity index (χ0n) is 46.9. The molecule has 0 spiro atoms. The summed E-state index contributed by atoms with van der Waals surface area (Å²) in [5, 5.41) is 37.1. The Labute approximate surface area is 510 Å². The summed E-state index contributed by atoms with van der Waals surface area (Å²) in [5.41, 5.74) is 17.4. The van der Waals surface area contributed by atoms with Crippen LogP contribution in [0.15, 0.2) is 267 Å². The van der Waals surface area contributed by atoms with Gasteiger partial charge in [-0.05, 0) is 156 Å². The van der Waals surface area contributed by atoms with Crippen molar-refractivity contribution in [2.75, 3.05) is 0 Å². The predicted octanol–water partition coefficient (Wildman–Crippen LogP) is 21.9. The molecule has 0 bridgehead atoms. The summed E-state index contributed by atoms with van der Waals surface area (Å²) in [7, 11) is 0. The van der Waals surface area contributed by atoms with Gasteiger partial charge in [-0.15, -0.1) is 22.7 Å². The maximum atomic E-state index is 11.6. The topological polar surface area (TPSA) is 67.3 Å². The van der Waals surface area contributed by atoms with Gasteiger partial charge in [0, 0.05) is 94.8 Å². The monoisotopic (exact) mass is 1150 g/mol. The van der Waals surface area contributed by atoms with Crippen LogP contribution >= 0.6 is 22.7 Å². The second-order valence-corrected chi connectivity index (χ2v) is 25.2. The number of rotatable bonds is 6. The molecule has 6 aromatic heterocycles. The molecule has 13 aromatic carbocycles. The van der Waals surface area contributed by atoms with E-state index in [2.05, 4.69) is 285 Å². The van der Waals surface area contributed by atoms with Gasteiger partial charge in [0.05, 0.1) is 66.6 Å². The second kappa shape index (κ2) is 18.5. The van der Waals surface area contributed by atoms with Crippen LogP contribution in [-0.2, 0) is 0 Å². The number of hydrogen-bond acceptors (Lipinski definition) is 4. The van der Waals surface area contributed by atoms with Crippen LogP contribution in [0.4, 0.5) is 0 Å². The standard InChI is InChI=1S/C80H44N6S2/c81-45-51-40-74(86-72-34-30-50(38-62(72)64-42-66-58-22-10-14-26-78(58)88-80(66)44-76(64)86)48-28-32-70-60(36-48)56-20-8-12-24-68(56)84(70)54-17-5-2-6-18-54)52(46-82)39-73(51)85-71-33-29-49(37-61(71)63-41-65-57-21-9-13-25-77(57)87-79(65)43-75(63)85)47-27-31-69-59(35-47)55-19-7-11-23-67(55)83(69)53-15-3-1-4-16-53/h1-44H. The highest BCUT2D eigenvalue weighted by Gasteiger charge is 2.25. The second-order valence-electron chi connectivity index (χ2n) is 23.0. The lowest BCUT2D eigenvalue weighted by Crippen LogP contribution is -2.04. The molecule has 0 aliphatic heterocycles. The molecule has 0 N–H and O–H groups in total. The fourth-order valence-electron chi connectivity index (χ4n) is 14.5. The van der Waals surface area contributed by atoms with Crippen molar-refractivity contribution in [1.82, 2.24) is 18.3 Å².